The summed E-state index contributed by atoms with van der Waals surface area (Å²) in [6.07, 6.45) is 5.43. The molecule has 0 fully saturated rings. The number of rotatable bonds is 13. The first-order valence-electron chi connectivity index (χ1n) is 11.1. The van der Waals surface area contributed by atoms with Gasteiger partial charge >= 0.3 is 0 Å². The maximum atomic E-state index is 12.8. The van der Waals surface area contributed by atoms with Crippen LogP contribution in [0.4, 0.5) is 0 Å². The number of hydrogen-bond donors (Lipinski definition) is 1. The molecule has 30 heavy (non-hydrogen) atoms. The van der Waals surface area contributed by atoms with Crippen molar-refractivity contribution < 1.29 is 19.4 Å². The predicted molar refractivity (Wildman–Crippen MR) is 119 cm³/mol. The number of nitrogens with zero attached hydrogens (tertiary/aromatic N) is 2. The minimum atomic E-state index is -0.579. The molecule has 0 saturated heterocycles. The Bertz CT molecular complexity index is 751. The van der Waals surface area contributed by atoms with Crippen LogP contribution in [0.25, 0.3) is 0 Å². The second-order valence-corrected chi connectivity index (χ2v) is 7.90. The molecule has 0 aromatic heterocycles. The molecule has 1 amide bonds. The van der Waals surface area contributed by atoms with Crippen LogP contribution in [0.1, 0.15) is 64.5 Å². The number of Topliss-reactive ketones (excluding diaryl/α,β-unsaturated/α-hetero) is 1. The molecule has 1 atom stereocenters. The van der Waals surface area contributed by atoms with Gasteiger partial charge in [-0.3, -0.25) is 9.59 Å². The number of aliphatic hydroxyl groups is 1. The zero-order chi connectivity index (χ0) is 22.1. The van der Waals surface area contributed by atoms with E-state index in [4.69, 9.17) is 4.74 Å². The lowest BCUT2D eigenvalue weighted by Crippen LogP contribution is -2.35. The van der Waals surface area contributed by atoms with E-state index in [1.54, 1.807) is 12.0 Å². The van der Waals surface area contributed by atoms with E-state index in [1.165, 1.54) is 6.92 Å². The smallest absolute Gasteiger partial charge is 0.290 e. The summed E-state index contributed by atoms with van der Waals surface area (Å²) in [6, 6.07) is 6.76. The van der Waals surface area contributed by atoms with Crippen LogP contribution in [-0.2, 0) is 9.59 Å². The van der Waals surface area contributed by atoms with Crippen LogP contribution in [0.15, 0.2) is 35.6 Å². The molecule has 0 spiro atoms. The van der Waals surface area contributed by atoms with Crippen LogP contribution in [0.2, 0.25) is 0 Å². The molecule has 1 aliphatic rings. The van der Waals surface area contributed by atoms with E-state index in [1.807, 2.05) is 24.3 Å². The molecule has 1 aromatic carbocycles. The molecule has 1 aromatic rings. The molecule has 1 aliphatic heterocycles. The summed E-state index contributed by atoms with van der Waals surface area (Å²) in [5.41, 5.74) is 0.938. The second kappa shape index (κ2) is 11.7. The number of carbonyl (C=O) groups is 2. The average molecular weight is 417 g/mol. The molecule has 0 bridgehead atoms. The van der Waals surface area contributed by atoms with Crippen molar-refractivity contribution in [2.24, 2.45) is 0 Å². The summed E-state index contributed by atoms with van der Waals surface area (Å²) >= 11 is 0. The minimum absolute atomic E-state index is 0.169. The van der Waals surface area contributed by atoms with Crippen LogP contribution in [0.5, 0.6) is 5.75 Å². The number of hydrogen-bond acceptors (Lipinski definition) is 5. The quantitative estimate of drug-likeness (QED) is 0.520. The first-order chi connectivity index (χ1) is 14.4. The van der Waals surface area contributed by atoms with Crippen molar-refractivity contribution in [2.75, 3.05) is 33.3 Å². The number of aliphatic hydroxyl groups excluding tert-OH is 1. The van der Waals surface area contributed by atoms with Gasteiger partial charge in [-0.25, -0.2) is 0 Å². The van der Waals surface area contributed by atoms with Crippen molar-refractivity contribution in [3.8, 4) is 5.75 Å². The summed E-state index contributed by atoms with van der Waals surface area (Å²) in [4.78, 5) is 29.1. The number of benzene rings is 1. The van der Waals surface area contributed by atoms with Gasteiger partial charge in [0.05, 0.1) is 18.7 Å². The summed E-state index contributed by atoms with van der Waals surface area (Å²) < 4.78 is 5.31. The molecular formula is C24H36N2O4. The third kappa shape index (κ3) is 5.85. The molecule has 2 rings (SSSR count). The van der Waals surface area contributed by atoms with E-state index < -0.39 is 17.7 Å². The molecule has 6 heteroatoms. The van der Waals surface area contributed by atoms with Crippen LogP contribution >= 0.6 is 0 Å². The minimum Gasteiger partial charge on any atom is -0.503 e. The average Bonchev–Trinajstić information content (AvgIpc) is 3.00. The third-order valence-electron chi connectivity index (χ3n) is 5.62. The van der Waals surface area contributed by atoms with Crippen LogP contribution in [-0.4, -0.2) is 59.9 Å². The number of unbranched alkanes of at least 4 members (excludes halogenated alkanes) is 2. The normalized spacial score (nSPS) is 16.6. The Hall–Kier alpha value is -2.34. The van der Waals surface area contributed by atoms with Crippen molar-refractivity contribution in [1.82, 2.24) is 9.80 Å². The van der Waals surface area contributed by atoms with E-state index in [-0.39, 0.29) is 11.4 Å². The SMILES string of the molecule is CCCCN(CCCC)CCCN1C(=O)C(O)=C(C(C)=O)[C@H]1c1cccc(OC)c1. The third-order valence-corrected chi connectivity index (χ3v) is 5.62. The Kier molecular flexibility index (Phi) is 9.37. The lowest BCUT2D eigenvalue weighted by Gasteiger charge is -2.28. The van der Waals surface area contributed by atoms with E-state index in [9.17, 15) is 14.7 Å². The summed E-state index contributed by atoms with van der Waals surface area (Å²) in [7, 11) is 1.58. The first-order valence-corrected chi connectivity index (χ1v) is 11.1. The monoisotopic (exact) mass is 416 g/mol. The fourth-order valence-electron chi connectivity index (χ4n) is 3.97. The fraction of sp³-hybridized carbons (Fsp3) is 0.583. The highest BCUT2D eigenvalue weighted by Crippen LogP contribution is 2.38. The highest BCUT2D eigenvalue weighted by molar-refractivity contribution is 6.08. The van der Waals surface area contributed by atoms with E-state index in [0.29, 0.717) is 12.3 Å². The molecule has 1 N–H and O–H groups in total. The molecule has 0 saturated carbocycles. The van der Waals surface area contributed by atoms with Gasteiger partial charge in [0.2, 0.25) is 0 Å². The van der Waals surface area contributed by atoms with Gasteiger partial charge in [0.1, 0.15) is 5.75 Å². The topological polar surface area (TPSA) is 70.1 Å². The molecule has 1 heterocycles. The van der Waals surface area contributed by atoms with Gasteiger partial charge in [-0.05, 0) is 63.5 Å². The van der Waals surface area contributed by atoms with Crippen LogP contribution < -0.4 is 4.74 Å². The van der Waals surface area contributed by atoms with Gasteiger partial charge in [-0.15, -0.1) is 0 Å². The van der Waals surface area contributed by atoms with Gasteiger partial charge in [-0.2, -0.15) is 0 Å². The number of amides is 1. The Balaban J connectivity index is 2.17. The zero-order valence-corrected chi connectivity index (χ0v) is 18.8. The number of ketones is 1. The van der Waals surface area contributed by atoms with Gasteiger partial charge in [0, 0.05) is 6.54 Å². The number of methoxy groups -OCH3 is 1. The zero-order valence-electron chi connectivity index (χ0n) is 18.8. The van der Waals surface area contributed by atoms with Gasteiger partial charge < -0.3 is 19.6 Å². The molecule has 0 radical (unpaired) electrons. The van der Waals surface area contributed by atoms with Crippen molar-refractivity contribution in [3.63, 3.8) is 0 Å². The molecule has 6 nitrogen and oxygen atoms in total. The second-order valence-electron chi connectivity index (χ2n) is 7.90. The highest BCUT2D eigenvalue weighted by Gasteiger charge is 2.42. The van der Waals surface area contributed by atoms with Gasteiger partial charge in [0.25, 0.3) is 5.91 Å². The van der Waals surface area contributed by atoms with E-state index >= 15 is 0 Å². The van der Waals surface area contributed by atoms with E-state index in [0.717, 1.165) is 57.3 Å². The van der Waals surface area contributed by atoms with Gasteiger partial charge in [-0.1, -0.05) is 38.8 Å². The number of ether oxygens (including phenoxy) is 1. The summed E-state index contributed by atoms with van der Waals surface area (Å²) in [6.45, 7) is 9.28. The maximum absolute atomic E-state index is 12.8. The van der Waals surface area contributed by atoms with Crippen molar-refractivity contribution in [2.45, 2.75) is 58.9 Å². The van der Waals surface area contributed by atoms with E-state index in [2.05, 4.69) is 18.7 Å². The molecule has 0 aliphatic carbocycles. The lowest BCUT2D eigenvalue weighted by molar-refractivity contribution is -0.129. The predicted octanol–water partition coefficient (Wildman–Crippen LogP) is 4.27. The summed E-state index contributed by atoms with van der Waals surface area (Å²) in [5, 5.41) is 10.4. The highest BCUT2D eigenvalue weighted by atomic mass is 16.5. The standard InChI is InChI=1S/C24H36N2O4/c1-5-7-13-25(14-8-6-2)15-10-16-26-22(19-11-9-12-20(17-19)30-4)21(18(3)27)23(28)24(26)29/h9,11-12,17,22,28H,5-8,10,13-16H2,1-4H3/t22-/m1/s1. The fourth-order valence-corrected chi connectivity index (χ4v) is 3.97. The summed E-state index contributed by atoms with van der Waals surface area (Å²) in [5.74, 6) is -0.533. The van der Waals surface area contributed by atoms with Crippen molar-refractivity contribution in [3.05, 3.63) is 41.2 Å². The largest absolute Gasteiger partial charge is 0.503 e. The van der Waals surface area contributed by atoms with Crippen LogP contribution in [0, 0.1) is 0 Å². The Morgan fingerprint density at radius 2 is 1.77 bits per heavy atom. The molecular weight excluding hydrogens is 380 g/mol. The van der Waals surface area contributed by atoms with Crippen molar-refractivity contribution in [1.29, 1.82) is 0 Å². The Labute approximate surface area is 180 Å². The number of carbonyl (C=O) groups excluding carboxylic acids is 2. The maximum Gasteiger partial charge on any atom is 0.290 e. The lowest BCUT2D eigenvalue weighted by atomic mass is 9.96. The molecule has 0 unspecified atom stereocenters. The van der Waals surface area contributed by atoms with Gasteiger partial charge in [0.15, 0.2) is 11.5 Å². The van der Waals surface area contributed by atoms with Crippen molar-refractivity contribution >= 4 is 11.7 Å². The van der Waals surface area contributed by atoms with Crippen LogP contribution in [0.3, 0.4) is 0 Å². The molecule has 166 valence electrons. The first kappa shape index (κ1) is 23.9. The Morgan fingerprint density at radius 1 is 1.13 bits per heavy atom. The Morgan fingerprint density at radius 3 is 2.33 bits per heavy atom.